The van der Waals surface area contributed by atoms with E-state index in [0.717, 1.165) is 36.4 Å². The molecular weight excluding hydrogens is 214 g/mol. The first-order chi connectivity index (χ1) is 8.27. The molecule has 0 unspecified atom stereocenters. The predicted molar refractivity (Wildman–Crippen MR) is 68.7 cm³/mol. The number of nitrogens with one attached hydrogen (secondary N) is 1. The van der Waals surface area contributed by atoms with Gasteiger partial charge in [0.15, 0.2) is 0 Å². The first-order valence-corrected chi connectivity index (χ1v) is 5.70. The maximum absolute atomic E-state index is 5.97. The highest BCUT2D eigenvalue weighted by molar-refractivity contribution is 5.69. The molecule has 0 radical (unpaired) electrons. The molecule has 1 aromatic heterocycles. The number of nitrogens with zero attached hydrogens (tertiary/aromatic N) is 3. The van der Waals surface area contributed by atoms with E-state index < -0.39 is 0 Å². The number of aromatic nitrogens is 3. The predicted octanol–water partition coefficient (Wildman–Crippen LogP) is 1.67. The van der Waals surface area contributed by atoms with E-state index in [9.17, 15) is 0 Å². The van der Waals surface area contributed by atoms with Crippen LogP contribution in [0.25, 0.3) is 0 Å². The maximum atomic E-state index is 5.97. The van der Waals surface area contributed by atoms with Gasteiger partial charge in [0, 0.05) is 19.3 Å². The number of aryl methyl sites for hydroxylation is 2. The zero-order chi connectivity index (χ0) is 12.1. The van der Waals surface area contributed by atoms with Gasteiger partial charge in [-0.2, -0.15) is 0 Å². The molecule has 0 aliphatic heterocycles. The van der Waals surface area contributed by atoms with Crippen LogP contribution < -0.4 is 11.1 Å². The number of anilines is 2. The second-order valence-electron chi connectivity index (χ2n) is 3.98. The van der Waals surface area contributed by atoms with Crippen LogP contribution in [0.5, 0.6) is 0 Å². The summed E-state index contributed by atoms with van der Waals surface area (Å²) in [6.45, 7) is 3.74. The molecule has 90 valence electrons. The third-order valence-electron chi connectivity index (χ3n) is 2.68. The van der Waals surface area contributed by atoms with E-state index in [-0.39, 0.29) is 0 Å². The number of rotatable bonds is 5. The molecule has 2 aromatic rings. The van der Waals surface area contributed by atoms with Crippen LogP contribution in [0.4, 0.5) is 11.4 Å². The molecule has 0 fully saturated rings. The molecule has 0 saturated heterocycles. The smallest absolute Gasteiger partial charge is 0.0692 e. The van der Waals surface area contributed by atoms with E-state index in [1.807, 2.05) is 36.0 Å². The molecule has 1 aromatic carbocycles. The van der Waals surface area contributed by atoms with E-state index in [1.54, 1.807) is 6.20 Å². The fourth-order valence-corrected chi connectivity index (χ4v) is 1.65. The Labute approximate surface area is 101 Å². The Balaban J connectivity index is 1.80. The first-order valence-electron chi connectivity index (χ1n) is 5.70. The average molecular weight is 231 g/mol. The Bertz CT molecular complexity index is 464. The van der Waals surface area contributed by atoms with Crippen LogP contribution in [-0.2, 0) is 6.54 Å². The van der Waals surface area contributed by atoms with Gasteiger partial charge in [-0.15, -0.1) is 5.10 Å². The number of hydrogen-bond donors (Lipinski definition) is 2. The van der Waals surface area contributed by atoms with Crippen LogP contribution in [-0.4, -0.2) is 21.5 Å². The normalized spacial score (nSPS) is 10.4. The standard InChI is InChI=1S/C12H17N5/c1-10-4-2-5-11(12(10)13)14-6-3-8-17-9-7-15-16-17/h2,4-5,7,9,14H,3,6,8,13H2,1H3. The summed E-state index contributed by atoms with van der Waals surface area (Å²) in [5.74, 6) is 0. The second-order valence-corrected chi connectivity index (χ2v) is 3.98. The minimum atomic E-state index is 0.827. The van der Waals surface area contributed by atoms with Crippen molar-refractivity contribution in [3.8, 4) is 0 Å². The van der Waals surface area contributed by atoms with Crippen LogP contribution in [0, 0.1) is 6.92 Å². The van der Waals surface area contributed by atoms with Crippen molar-refractivity contribution in [3.05, 3.63) is 36.2 Å². The first kappa shape index (κ1) is 11.4. The number of para-hydroxylation sites is 1. The highest BCUT2D eigenvalue weighted by Gasteiger charge is 2.00. The third-order valence-corrected chi connectivity index (χ3v) is 2.68. The molecule has 0 atom stereocenters. The molecule has 2 rings (SSSR count). The van der Waals surface area contributed by atoms with Gasteiger partial charge in [-0.25, -0.2) is 0 Å². The number of nitrogen functional groups attached to an aromatic ring is 1. The molecule has 0 bridgehead atoms. The molecule has 0 aliphatic rings. The highest BCUT2D eigenvalue weighted by Crippen LogP contribution is 2.21. The van der Waals surface area contributed by atoms with Crippen molar-refractivity contribution in [1.82, 2.24) is 15.0 Å². The van der Waals surface area contributed by atoms with Crippen LogP contribution >= 0.6 is 0 Å². The van der Waals surface area contributed by atoms with E-state index in [2.05, 4.69) is 15.6 Å². The van der Waals surface area contributed by atoms with E-state index in [4.69, 9.17) is 5.73 Å². The zero-order valence-electron chi connectivity index (χ0n) is 9.93. The lowest BCUT2D eigenvalue weighted by atomic mass is 10.1. The molecule has 1 heterocycles. The molecule has 3 N–H and O–H groups in total. The van der Waals surface area contributed by atoms with Crippen molar-refractivity contribution < 1.29 is 0 Å². The van der Waals surface area contributed by atoms with Crippen molar-refractivity contribution in [2.45, 2.75) is 19.9 Å². The molecule has 0 amide bonds. The third kappa shape index (κ3) is 2.96. The van der Waals surface area contributed by atoms with Gasteiger partial charge in [-0.05, 0) is 25.0 Å². The Morgan fingerprint density at radius 3 is 3.06 bits per heavy atom. The minimum Gasteiger partial charge on any atom is -0.397 e. The molecule has 0 saturated carbocycles. The Kier molecular flexibility index (Phi) is 3.59. The van der Waals surface area contributed by atoms with Crippen LogP contribution in [0.2, 0.25) is 0 Å². The van der Waals surface area contributed by atoms with E-state index in [1.165, 1.54) is 0 Å². The van der Waals surface area contributed by atoms with Crippen molar-refractivity contribution >= 4 is 11.4 Å². The molecular formula is C12H17N5. The summed E-state index contributed by atoms with van der Waals surface area (Å²) >= 11 is 0. The topological polar surface area (TPSA) is 68.8 Å². The van der Waals surface area contributed by atoms with Gasteiger partial charge in [0.25, 0.3) is 0 Å². The van der Waals surface area contributed by atoms with E-state index >= 15 is 0 Å². The summed E-state index contributed by atoms with van der Waals surface area (Å²) in [5, 5.41) is 11.0. The van der Waals surface area contributed by atoms with Gasteiger partial charge in [-0.1, -0.05) is 17.3 Å². The quantitative estimate of drug-likeness (QED) is 0.606. The van der Waals surface area contributed by atoms with Gasteiger partial charge in [0.05, 0.1) is 17.6 Å². The van der Waals surface area contributed by atoms with Crippen molar-refractivity contribution in [3.63, 3.8) is 0 Å². The SMILES string of the molecule is Cc1cccc(NCCCn2ccnn2)c1N. The fourth-order valence-electron chi connectivity index (χ4n) is 1.65. The van der Waals surface area contributed by atoms with Gasteiger partial charge in [0.1, 0.15) is 0 Å². The van der Waals surface area contributed by atoms with Crippen LogP contribution in [0.1, 0.15) is 12.0 Å². The maximum Gasteiger partial charge on any atom is 0.0692 e. The van der Waals surface area contributed by atoms with Crippen LogP contribution in [0.3, 0.4) is 0 Å². The summed E-state index contributed by atoms with van der Waals surface area (Å²) in [6, 6.07) is 6.01. The Morgan fingerprint density at radius 1 is 1.41 bits per heavy atom. The van der Waals surface area contributed by atoms with Crippen molar-refractivity contribution in [1.29, 1.82) is 0 Å². The largest absolute Gasteiger partial charge is 0.397 e. The summed E-state index contributed by atoms with van der Waals surface area (Å²) < 4.78 is 1.82. The van der Waals surface area contributed by atoms with Gasteiger partial charge in [0.2, 0.25) is 0 Å². The number of benzene rings is 1. The molecule has 5 heteroatoms. The second kappa shape index (κ2) is 5.34. The average Bonchev–Trinajstić information content (AvgIpc) is 2.83. The summed E-state index contributed by atoms with van der Waals surface area (Å²) in [7, 11) is 0. The molecule has 0 aliphatic carbocycles. The molecule has 5 nitrogen and oxygen atoms in total. The van der Waals surface area contributed by atoms with Gasteiger partial charge < -0.3 is 11.1 Å². The molecule has 17 heavy (non-hydrogen) atoms. The molecule has 0 spiro atoms. The summed E-state index contributed by atoms with van der Waals surface area (Å²) in [4.78, 5) is 0. The number of nitrogens with two attached hydrogens (primary N) is 1. The van der Waals surface area contributed by atoms with Crippen molar-refractivity contribution in [2.75, 3.05) is 17.6 Å². The zero-order valence-corrected chi connectivity index (χ0v) is 9.93. The summed E-state index contributed by atoms with van der Waals surface area (Å²) in [6.07, 6.45) is 4.53. The Morgan fingerprint density at radius 2 is 2.29 bits per heavy atom. The fraction of sp³-hybridized carbons (Fsp3) is 0.333. The lowest BCUT2D eigenvalue weighted by Gasteiger charge is -2.10. The van der Waals surface area contributed by atoms with Crippen molar-refractivity contribution in [2.24, 2.45) is 0 Å². The monoisotopic (exact) mass is 231 g/mol. The Hall–Kier alpha value is -2.04. The summed E-state index contributed by atoms with van der Waals surface area (Å²) in [5.41, 5.74) is 8.90. The van der Waals surface area contributed by atoms with Crippen LogP contribution in [0.15, 0.2) is 30.6 Å². The highest BCUT2D eigenvalue weighted by atomic mass is 15.4. The number of hydrogen-bond acceptors (Lipinski definition) is 4. The van der Waals surface area contributed by atoms with Gasteiger partial charge >= 0.3 is 0 Å². The minimum absolute atomic E-state index is 0.827. The lowest BCUT2D eigenvalue weighted by molar-refractivity contribution is 0.570. The van der Waals surface area contributed by atoms with Gasteiger partial charge in [-0.3, -0.25) is 4.68 Å². The lowest BCUT2D eigenvalue weighted by Crippen LogP contribution is -2.09. The van der Waals surface area contributed by atoms with E-state index in [0.29, 0.717) is 0 Å².